The maximum absolute atomic E-state index is 12.2. The Balaban J connectivity index is 1.63. The van der Waals surface area contributed by atoms with Crippen LogP contribution in [0.15, 0.2) is 47.1 Å². The van der Waals surface area contributed by atoms with Gasteiger partial charge in [-0.2, -0.15) is 0 Å². The van der Waals surface area contributed by atoms with E-state index in [-0.39, 0.29) is 35.8 Å². The van der Waals surface area contributed by atoms with Gasteiger partial charge in [-0.3, -0.25) is 4.79 Å². The van der Waals surface area contributed by atoms with Gasteiger partial charge in [-0.1, -0.05) is 36.5 Å². The molecule has 0 bridgehead atoms. The summed E-state index contributed by atoms with van der Waals surface area (Å²) >= 11 is 0. The number of aliphatic hydroxyl groups excluding tert-OH is 1. The van der Waals surface area contributed by atoms with Crippen LogP contribution in [0, 0.1) is 29.1 Å². The van der Waals surface area contributed by atoms with Gasteiger partial charge < -0.3 is 15.1 Å². The Kier molecular flexibility index (Phi) is 4.03. The lowest BCUT2D eigenvalue weighted by Gasteiger charge is -2.53. The average Bonchev–Trinajstić information content (AvgIpc) is 3.11. The lowest BCUT2D eigenvalue weighted by molar-refractivity contribution is -0.114. The first-order chi connectivity index (χ1) is 18.2. The molecule has 4 aliphatic carbocycles. The molecule has 0 aliphatic heterocycles. The molecule has 33 heavy (non-hydrogen) atoms. The zero-order chi connectivity index (χ0) is 28.4. The first-order valence-corrected chi connectivity index (χ1v) is 11.9. The van der Waals surface area contributed by atoms with Crippen LogP contribution in [0.2, 0.25) is 0 Å². The van der Waals surface area contributed by atoms with Crippen molar-refractivity contribution in [3.05, 3.63) is 52.6 Å². The van der Waals surface area contributed by atoms with Gasteiger partial charge in [-0.05, 0) is 85.3 Å². The van der Waals surface area contributed by atoms with Crippen LogP contribution >= 0.6 is 0 Å². The van der Waals surface area contributed by atoms with Crippen LogP contribution in [0.3, 0.4) is 0 Å². The molecule has 5 rings (SSSR count). The van der Waals surface area contributed by atoms with Gasteiger partial charge >= 0.3 is 0 Å². The van der Waals surface area contributed by atoms with Crippen LogP contribution in [0.1, 0.15) is 71.6 Å². The minimum absolute atomic E-state index is 0.0894. The fourth-order valence-electron chi connectivity index (χ4n) is 7.21. The van der Waals surface area contributed by atoms with Crippen LogP contribution in [0.4, 0.5) is 5.69 Å². The Hall–Kier alpha value is -2.35. The molecule has 0 heterocycles. The van der Waals surface area contributed by atoms with Crippen LogP contribution in [-0.4, -0.2) is 42.2 Å². The number of nitrogens with zero attached hydrogens (tertiary/aromatic N) is 1. The number of hydrogen-bond acceptors (Lipinski definition) is 4. The maximum atomic E-state index is 12.2. The monoisotopic (exact) mass is 451 g/mol. The molecule has 1 aromatic carbocycles. The van der Waals surface area contributed by atoms with E-state index in [9.17, 15) is 15.0 Å². The van der Waals surface area contributed by atoms with Gasteiger partial charge in [0.15, 0.2) is 5.78 Å². The van der Waals surface area contributed by atoms with Gasteiger partial charge in [0.25, 0.3) is 0 Å². The van der Waals surface area contributed by atoms with Crippen molar-refractivity contribution < 1.29 is 23.2 Å². The van der Waals surface area contributed by atoms with Crippen LogP contribution in [-0.2, 0) is 4.79 Å². The summed E-state index contributed by atoms with van der Waals surface area (Å²) in [4.78, 5) is 12.7. The molecule has 2 fully saturated rings. The third-order valence-electron chi connectivity index (χ3n) is 8.81. The zero-order valence-electron chi connectivity index (χ0n) is 25.0. The highest BCUT2D eigenvalue weighted by Gasteiger charge is 2.62. The van der Waals surface area contributed by atoms with E-state index in [1.807, 2.05) is 0 Å². The van der Waals surface area contributed by atoms with E-state index in [0.29, 0.717) is 30.6 Å². The number of benzene rings is 1. The minimum atomic E-state index is -2.84. The number of carbonyl (C=O) groups excluding carboxylic acids is 1. The molecule has 2 saturated carbocycles. The fourth-order valence-corrected chi connectivity index (χ4v) is 7.21. The first kappa shape index (κ1) is 16.3. The van der Waals surface area contributed by atoms with Gasteiger partial charge in [-0.25, -0.2) is 0 Å². The molecule has 0 unspecified atom stereocenters. The SMILES string of the molecule is [2H]C([2H])([2H])N(c1ccc([C@H]2C[C@@]3(C)[C@@H](CC[C@@]3(O)C#CCO)[C@@H]3CCC4=CC(=O)CCC4=C32)cc1)C([2H])([2H])[2H]. The highest BCUT2D eigenvalue weighted by molar-refractivity contribution is 5.93. The van der Waals surface area contributed by atoms with E-state index in [0.717, 1.165) is 30.4 Å². The predicted molar refractivity (Wildman–Crippen MR) is 131 cm³/mol. The molecular weight excluding hydrogens is 410 g/mol. The second-order valence-corrected chi connectivity index (χ2v) is 10.3. The minimum Gasteiger partial charge on any atom is -0.384 e. The maximum Gasteiger partial charge on any atom is 0.156 e. The summed E-state index contributed by atoms with van der Waals surface area (Å²) in [6.45, 7) is -3.90. The van der Waals surface area contributed by atoms with Crippen molar-refractivity contribution in [2.45, 2.75) is 63.4 Å². The summed E-state index contributed by atoms with van der Waals surface area (Å²) in [5.74, 6) is 6.14. The largest absolute Gasteiger partial charge is 0.384 e. The van der Waals surface area contributed by atoms with Crippen molar-refractivity contribution in [3.63, 3.8) is 0 Å². The van der Waals surface area contributed by atoms with Gasteiger partial charge in [-0.15, -0.1) is 0 Å². The molecule has 5 atom stereocenters. The van der Waals surface area contributed by atoms with Crippen molar-refractivity contribution in [2.75, 3.05) is 25.5 Å². The predicted octanol–water partition coefficient (Wildman–Crippen LogP) is 4.38. The molecule has 174 valence electrons. The summed E-state index contributed by atoms with van der Waals surface area (Å²) in [5, 5.41) is 21.2. The Morgan fingerprint density at radius 1 is 1.18 bits per heavy atom. The smallest absolute Gasteiger partial charge is 0.156 e. The summed E-state index contributed by atoms with van der Waals surface area (Å²) in [6, 6.07) is 6.72. The number of anilines is 1. The summed E-state index contributed by atoms with van der Waals surface area (Å²) in [7, 11) is 0. The van der Waals surface area contributed by atoms with E-state index in [1.165, 1.54) is 11.1 Å². The third-order valence-corrected chi connectivity index (χ3v) is 8.81. The summed E-state index contributed by atoms with van der Waals surface area (Å²) in [5.41, 5.74) is 2.88. The Morgan fingerprint density at radius 3 is 2.70 bits per heavy atom. The standard InChI is InChI=1S/C29H35NO3/c1-28-18-25(19-5-8-21(9-6-19)30(2)3)27-23-12-10-22(32)17-20(23)7-11-24(27)26(28)13-15-29(28,33)14-4-16-31/h5-6,8-9,17,24-26,31,33H,7,10-13,15-16,18H2,1-3H3/t24-,25+,26-,28-,29-/m0/s1/i2D3,3D3. The highest BCUT2D eigenvalue weighted by atomic mass is 16.3. The Morgan fingerprint density at radius 2 is 1.97 bits per heavy atom. The molecule has 0 amide bonds. The molecule has 2 N–H and O–H groups in total. The Bertz CT molecular complexity index is 1270. The van der Waals surface area contributed by atoms with E-state index in [1.54, 1.807) is 30.3 Å². The normalized spacial score (nSPS) is 38.6. The number of aliphatic hydroxyl groups is 2. The number of ketones is 1. The first-order valence-electron chi connectivity index (χ1n) is 14.9. The van der Waals surface area contributed by atoms with E-state index in [4.69, 9.17) is 8.22 Å². The third kappa shape index (κ3) is 3.49. The summed E-state index contributed by atoms with van der Waals surface area (Å²) < 4.78 is 46.7. The molecule has 0 saturated heterocycles. The van der Waals surface area contributed by atoms with Crippen LogP contribution in [0.5, 0.6) is 0 Å². The number of hydrogen-bond donors (Lipinski definition) is 2. The van der Waals surface area contributed by atoms with Crippen LogP contribution in [0.25, 0.3) is 0 Å². The van der Waals surface area contributed by atoms with Crippen LogP contribution < -0.4 is 4.90 Å². The Labute approximate surface area is 205 Å². The lowest BCUT2D eigenvalue weighted by Crippen LogP contribution is -2.51. The van der Waals surface area contributed by atoms with Gasteiger partial charge in [0.1, 0.15) is 12.2 Å². The van der Waals surface area contributed by atoms with E-state index in [2.05, 4.69) is 18.8 Å². The van der Waals surface area contributed by atoms with Crippen molar-refractivity contribution in [1.29, 1.82) is 0 Å². The molecule has 0 spiro atoms. The number of fused-ring (bicyclic) bond motifs is 4. The van der Waals surface area contributed by atoms with Gasteiger partial charge in [0.2, 0.25) is 0 Å². The number of rotatable bonds is 2. The average molecular weight is 452 g/mol. The van der Waals surface area contributed by atoms with Gasteiger partial charge in [0, 0.05) is 45.6 Å². The quantitative estimate of drug-likeness (QED) is 0.655. The lowest BCUT2D eigenvalue weighted by atomic mass is 9.51. The van der Waals surface area contributed by atoms with Gasteiger partial charge in [0.05, 0.1) is 0 Å². The van der Waals surface area contributed by atoms with Crippen molar-refractivity contribution in [1.82, 2.24) is 0 Å². The van der Waals surface area contributed by atoms with Crippen molar-refractivity contribution in [2.24, 2.45) is 17.3 Å². The highest BCUT2D eigenvalue weighted by Crippen LogP contribution is 2.66. The molecule has 1 aromatic rings. The number of allylic oxidation sites excluding steroid dienone is 4. The second-order valence-electron chi connectivity index (χ2n) is 10.3. The van der Waals surface area contributed by atoms with E-state index < -0.39 is 25.0 Å². The molecule has 0 aromatic heterocycles. The second kappa shape index (κ2) is 8.15. The van der Waals surface area contributed by atoms with Crippen molar-refractivity contribution in [3.8, 4) is 11.8 Å². The topological polar surface area (TPSA) is 60.8 Å². The fraction of sp³-hybridized carbons (Fsp3) is 0.552. The molecule has 4 nitrogen and oxygen atoms in total. The molecule has 0 radical (unpaired) electrons. The summed E-state index contributed by atoms with van der Waals surface area (Å²) in [6.07, 6.45) is 6.60. The van der Waals surface area contributed by atoms with Crippen molar-refractivity contribution >= 4 is 11.5 Å². The van der Waals surface area contributed by atoms with E-state index >= 15 is 0 Å². The molecule has 4 aliphatic rings. The molecule has 4 heteroatoms. The number of carbonyl (C=O) groups is 1. The molecular formula is C29H35NO3. The zero-order valence-corrected chi connectivity index (χ0v) is 19.0.